The van der Waals surface area contributed by atoms with E-state index in [4.69, 9.17) is 9.15 Å². The molecule has 0 bridgehead atoms. The predicted molar refractivity (Wildman–Crippen MR) is 77.0 cm³/mol. The molecule has 108 valence electrons. The van der Waals surface area contributed by atoms with E-state index in [9.17, 15) is 0 Å². The van der Waals surface area contributed by atoms with E-state index >= 15 is 0 Å². The number of hydrogen-bond donors (Lipinski definition) is 1. The van der Waals surface area contributed by atoms with Gasteiger partial charge < -0.3 is 14.5 Å². The molecule has 1 fully saturated rings. The zero-order valence-electron chi connectivity index (χ0n) is 12.5. The van der Waals surface area contributed by atoms with Crippen LogP contribution >= 0.6 is 0 Å². The maximum Gasteiger partial charge on any atom is 0.130 e. The molecule has 3 heteroatoms. The van der Waals surface area contributed by atoms with Crippen LogP contribution in [0, 0.1) is 12.8 Å². The molecule has 1 heterocycles. The number of ether oxygens (including phenoxy) is 1. The molecule has 0 spiro atoms. The monoisotopic (exact) mass is 265 g/mol. The molecule has 0 aromatic carbocycles. The molecule has 1 unspecified atom stereocenters. The van der Waals surface area contributed by atoms with Crippen LogP contribution in [0.3, 0.4) is 0 Å². The van der Waals surface area contributed by atoms with Gasteiger partial charge >= 0.3 is 0 Å². The van der Waals surface area contributed by atoms with Crippen molar-refractivity contribution in [1.29, 1.82) is 0 Å². The van der Waals surface area contributed by atoms with Crippen molar-refractivity contribution in [2.45, 2.75) is 65.6 Å². The Morgan fingerprint density at radius 2 is 2.26 bits per heavy atom. The molecule has 2 rings (SSSR count). The first-order chi connectivity index (χ1) is 9.19. The third-order valence-corrected chi connectivity index (χ3v) is 3.63. The maximum atomic E-state index is 5.85. The molecule has 1 aromatic heterocycles. The lowest BCUT2D eigenvalue weighted by Crippen LogP contribution is -2.15. The van der Waals surface area contributed by atoms with Gasteiger partial charge in [-0.05, 0) is 43.7 Å². The van der Waals surface area contributed by atoms with Crippen molar-refractivity contribution < 1.29 is 9.15 Å². The molecule has 1 aliphatic rings. The molecule has 0 radical (unpaired) electrons. The van der Waals surface area contributed by atoms with Gasteiger partial charge in [0.25, 0.3) is 0 Å². The van der Waals surface area contributed by atoms with E-state index in [2.05, 4.69) is 32.2 Å². The van der Waals surface area contributed by atoms with Gasteiger partial charge in [0.15, 0.2) is 0 Å². The molecule has 1 saturated carbocycles. The second-order valence-electron chi connectivity index (χ2n) is 5.88. The SMILES string of the molecule is CCCC(C)COCc1cc(C)c(CNC2CC2)o1. The average Bonchev–Trinajstić information content (AvgIpc) is 3.12. The second kappa shape index (κ2) is 7.11. The highest BCUT2D eigenvalue weighted by Gasteiger charge is 2.21. The predicted octanol–water partition coefficient (Wildman–Crippen LogP) is 3.79. The van der Waals surface area contributed by atoms with E-state index in [1.54, 1.807) is 0 Å². The molecule has 19 heavy (non-hydrogen) atoms. The van der Waals surface area contributed by atoms with Crippen molar-refractivity contribution in [3.05, 3.63) is 23.2 Å². The lowest BCUT2D eigenvalue weighted by Gasteiger charge is -2.09. The van der Waals surface area contributed by atoms with Crippen LogP contribution in [-0.4, -0.2) is 12.6 Å². The minimum Gasteiger partial charge on any atom is -0.462 e. The number of aryl methyl sites for hydroxylation is 1. The Labute approximate surface area is 116 Å². The second-order valence-corrected chi connectivity index (χ2v) is 5.88. The molecule has 1 atom stereocenters. The topological polar surface area (TPSA) is 34.4 Å². The normalized spacial score (nSPS) is 16.8. The zero-order chi connectivity index (χ0) is 13.7. The van der Waals surface area contributed by atoms with E-state index in [1.165, 1.54) is 31.2 Å². The number of hydrogen-bond acceptors (Lipinski definition) is 3. The zero-order valence-corrected chi connectivity index (χ0v) is 12.5. The van der Waals surface area contributed by atoms with E-state index < -0.39 is 0 Å². The van der Waals surface area contributed by atoms with Crippen LogP contribution in [0.4, 0.5) is 0 Å². The van der Waals surface area contributed by atoms with Crippen LogP contribution in [0.25, 0.3) is 0 Å². The third kappa shape index (κ3) is 5.00. The Kier molecular flexibility index (Phi) is 5.46. The molecule has 1 aliphatic carbocycles. The van der Waals surface area contributed by atoms with Gasteiger partial charge in [0.2, 0.25) is 0 Å². The summed E-state index contributed by atoms with van der Waals surface area (Å²) in [6.45, 7) is 8.83. The van der Waals surface area contributed by atoms with Gasteiger partial charge in [-0.25, -0.2) is 0 Å². The largest absolute Gasteiger partial charge is 0.462 e. The van der Waals surface area contributed by atoms with Gasteiger partial charge in [0, 0.05) is 12.6 Å². The first-order valence-corrected chi connectivity index (χ1v) is 7.58. The summed E-state index contributed by atoms with van der Waals surface area (Å²) in [4.78, 5) is 0. The highest BCUT2D eigenvalue weighted by atomic mass is 16.5. The molecule has 3 nitrogen and oxygen atoms in total. The fraction of sp³-hybridized carbons (Fsp3) is 0.750. The summed E-state index contributed by atoms with van der Waals surface area (Å²) in [6.07, 6.45) is 5.07. The number of nitrogens with one attached hydrogen (secondary N) is 1. The fourth-order valence-electron chi connectivity index (χ4n) is 2.30. The van der Waals surface area contributed by atoms with Crippen molar-refractivity contribution >= 4 is 0 Å². The van der Waals surface area contributed by atoms with E-state index in [-0.39, 0.29) is 0 Å². The molecule has 1 aromatic rings. The average molecular weight is 265 g/mol. The molecule has 0 saturated heterocycles. The minimum atomic E-state index is 0.596. The number of furan rings is 1. The molecule has 1 N–H and O–H groups in total. The van der Waals surface area contributed by atoms with Gasteiger partial charge in [-0.15, -0.1) is 0 Å². The van der Waals surface area contributed by atoms with E-state index in [0.29, 0.717) is 12.5 Å². The van der Waals surface area contributed by atoms with Gasteiger partial charge in [0.1, 0.15) is 18.1 Å². The lowest BCUT2D eigenvalue weighted by molar-refractivity contribution is 0.0768. The quantitative estimate of drug-likeness (QED) is 0.737. The van der Waals surface area contributed by atoms with Crippen LogP contribution < -0.4 is 5.32 Å². The summed E-state index contributed by atoms with van der Waals surface area (Å²) in [5, 5.41) is 3.48. The standard InChI is InChI=1S/C16H27NO2/c1-4-5-12(2)10-18-11-15-8-13(3)16(19-15)9-17-14-6-7-14/h8,12,14,17H,4-7,9-11H2,1-3H3. The Bertz CT molecular complexity index is 382. The molecule has 0 amide bonds. The van der Waals surface area contributed by atoms with Crippen LogP contribution in [0.2, 0.25) is 0 Å². The summed E-state index contributed by atoms with van der Waals surface area (Å²) in [7, 11) is 0. The minimum absolute atomic E-state index is 0.596. The van der Waals surface area contributed by atoms with Gasteiger partial charge in [-0.2, -0.15) is 0 Å². The molecule has 0 aliphatic heterocycles. The summed E-state index contributed by atoms with van der Waals surface area (Å²) in [5.41, 5.74) is 1.23. The number of rotatable bonds is 9. The van der Waals surface area contributed by atoms with Gasteiger partial charge in [-0.3, -0.25) is 0 Å². The summed E-state index contributed by atoms with van der Waals surface area (Å²) in [6, 6.07) is 2.83. The Morgan fingerprint density at radius 1 is 1.47 bits per heavy atom. The first-order valence-electron chi connectivity index (χ1n) is 7.58. The van der Waals surface area contributed by atoms with Crippen LogP contribution in [-0.2, 0) is 17.9 Å². The van der Waals surface area contributed by atoms with Crippen molar-refractivity contribution in [3.63, 3.8) is 0 Å². The van der Waals surface area contributed by atoms with Crippen molar-refractivity contribution in [3.8, 4) is 0 Å². The molecular formula is C16H27NO2. The van der Waals surface area contributed by atoms with Crippen LogP contribution in [0.5, 0.6) is 0 Å². The maximum absolute atomic E-state index is 5.85. The first kappa shape index (κ1) is 14.6. The Morgan fingerprint density at radius 3 is 2.95 bits per heavy atom. The molecular weight excluding hydrogens is 238 g/mol. The van der Waals surface area contributed by atoms with Crippen LogP contribution in [0.1, 0.15) is 56.6 Å². The summed E-state index contributed by atoms with van der Waals surface area (Å²) < 4.78 is 11.6. The third-order valence-electron chi connectivity index (χ3n) is 3.63. The van der Waals surface area contributed by atoms with Gasteiger partial charge in [-0.1, -0.05) is 20.3 Å². The van der Waals surface area contributed by atoms with Crippen LogP contribution in [0.15, 0.2) is 10.5 Å². The summed E-state index contributed by atoms with van der Waals surface area (Å²) >= 11 is 0. The summed E-state index contributed by atoms with van der Waals surface area (Å²) in [5.74, 6) is 2.65. The van der Waals surface area contributed by atoms with Crippen molar-refractivity contribution in [2.75, 3.05) is 6.61 Å². The van der Waals surface area contributed by atoms with E-state index in [0.717, 1.165) is 30.7 Å². The lowest BCUT2D eigenvalue weighted by atomic mass is 10.1. The van der Waals surface area contributed by atoms with Crippen molar-refractivity contribution in [2.24, 2.45) is 5.92 Å². The Hall–Kier alpha value is -0.800. The van der Waals surface area contributed by atoms with Crippen molar-refractivity contribution in [1.82, 2.24) is 5.32 Å². The Balaban J connectivity index is 1.72. The van der Waals surface area contributed by atoms with Gasteiger partial charge in [0.05, 0.1) is 6.54 Å². The highest BCUT2D eigenvalue weighted by molar-refractivity contribution is 5.19. The highest BCUT2D eigenvalue weighted by Crippen LogP contribution is 2.21. The fourth-order valence-corrected chi connectivity index (χ4v) is 2.30. The smallest absolute Gasteiger partial charge is 0.130 e. The van der Waals surface area contributed by atoms with E-state index in [1.807, 2.05) is 0 Å².